The molecule has 0 aliphatic carbocycles. The predicted molar refractivity (Wildman–Crippen MR) is 119 cm³/mol. The second-order valence-corrected chi connectivity index (χ2v) is 7.70. The molecule has 0 radical (unpaired) electrons. The molecule has 0 saturated heterocycles. The summed E-state index contributed by atoms with van der Waals surface area (Å²) in [5.74, 6) is 1.48. The fraction of sp³-hybridized carbons (Fsp3) is 0.500. The molecule has 0 aliphatic rings. The Morgan fingerprint density at radius 2 is 2.00 bits per heavy atom. The summed E-state index contributed by atoms with van der Waals surface area (Å²) >= 11 is 0. The van der Waals surface area contributed by atoms with Crippen molar-refractivity contribution in [1.82, 2.24) is 10.2 Å². The van der Waals surface area contributed by atoms with Crippen LogP contribution in [0.3, 0.4) is 0 Å². The Bertz CT molecular complexity index is 661. The minimum atomic E-state index is -3.18. The first-order valence-corrected chi connectivity index (χ1v) is 10.3. The number of halogens is 1. The Kier molecular flexibility index (Phi) is 12.3. The van der Waals surface area contributed by atoms with Crippen molar-refractivity contribution in [2.45, 2.75) is 24.7 Å². The molecule has 0 aromatic heterocycles. The Balaban J connectivity index is 0.00000625. The maximum atomic E-state index is 11.4. The van der Waals surface area contributed by atoms with Crippen LogP contribution in [-0.4, -0.2) is 58.8 Å². The van der Waals surface area contributed by atoms with Crippen LogP contribution in [0.1, 0.15) is 19.8 Å². The van der Waals surface area contributed by atoms with Gasteiger partial charge in [-0.25, -0.2) is 13.4 Å². The molecule has 1 N–H and O–H groups in total. The van der Waals surface area contributed by atoms with Gasteiger partial charge in [-0.2, -0.15) is 0 Å². The number of unbranched alkanes of at least 4 members (excludes halogenated alkanes) is 1. The summed E-state index contributed by atoms with van der Waals surface area (Å²) in [5.41, 5.74) is 0. The van der Waals surface area contributed by atoms with E-state index >= 15 is 0 Å². The highest BCUT2D eigenvalue weighted by atomic mass is 127. The van der Waals surface area contributed by atoms with E-state index in [1.54, 1.807) is 24.3 Å². The maximum absolute atomic E-state index is 11.4. The normalized spacial score (nSPS) is 11.4. The molecular weight excluding hydrogens is 465 g/mol. The van der Waals surface area contributed by atoms with Gasteiger partial charge >= 0.3 is 0 Å². The Hall–Kier alpha value is -1.29. The zero-order valence-corrected chi connectivity index (χ0v) is 18.9. The second kappa shape index (κ2) is 13.0. The van der Waals surface area contributed by atoms with E-state index in [1.807, 2.05) is 20.0 Å². The number of nitrogens with one attached hydrogen (secondary N) is 1. The highest BCUT2D eigenvalue weighted by molar-refractivity contribution is 14.0. The smallest absolute Gasteiger partial charge is 0.193 e. The predicted octanol–water partition coefficient (Wildman–Crippen LogP) is 2.95. The van der Waals surface area contributed by atoms with Crippen LogP contribution in [0.25, 0.3) is 0 Å². The topological polar surface area (TPSA) is 71.0 Å². The molecule has 0 unspecified atom stereocenters. The van der Waals surface area contributed by atoms with Crippen LogP contribution in [0.4, 0.5) is 0 Å². The molecule has 0 saturated carbocycles. The highest BCUT2D eigenvalue weighted by Gasteiger charge is 2.07. The summed E-state index contributed by atoms with van der Waals surface area (Å²) < 4.78 is 28.5. The molecule has 0 fully saturated rings. The quantitative estimate of drug-likeness (QED) is 0.178. The van der Waals surface area contributed by atoms with E-state index in [0.29, 0.717) is 18.9 Å². The van der Waals surface area contributed by atoms with Crippen LogP contribution in [0.2, 0.25) is 0 Å². The third-order valence-electron chi connectivity index (χ3n) is 3.47. The van der Waals surface area contributed by atoms with Crippen molar-refractivity contribution in [2.24, 2.45) is 4.99 Å². The molecule has 0 bridgehead atoms. The van der Waals surface area contributed by atoms with Gasteiger partial charge in [-0.3, -0.25) is 0 Å². The maximum Gasteiger partial charge on any atom is 0.193 e. The first kappa shape index (κ1) is 24.7. The summed E-state index contributed by atoms with van der Waals surface area (Å²) in [5, 5.41) is 3.26. The fourth-order valence-corrected chi connectivity index (χ4v) is 2.78. The lowest BCUT2D eigenvalue weighted by molar-refractivity contribution is 0.327. The molecular formula is C18H30IN3O3S. The number of ether oxygens (including phenoxy) is 1. The van der Waals surface area contributed by atoms with Gasteiger partial charge in [-0.05, 0) is 44.0 Å². The number of hydrogen-bond donors (Lipinski definition) is 1. The van der Waals surface area contributed by atoms with Gasteiger partial charge in [-0.15, -0.1) is 30.6 Å². The summed E-state index contributed by atoms with van der Waals surface area (Å²) in [6.07, 6.45) is 5.12. The van der Waals surface area contributed by atoms with Crippen LogP contribution in [0.15, 0.2) is 46.8 Å². The van der Waals surface area contributed by atoms with Crippen LogP contribution in [0.5, 0.6) is 5.75 Å². The fourth-order valence-electron chi connectivity index (χ4n) is 2.15. The third-order valence-corrected chi connectivity index (χ3v) is 4.60. The summed E-state index contributed by atoms with van der Waals surface area (Å²) in [4.78, 5) is 6.93. The van der Waals surface area contributed by atoms with E-state index in [0.717, 1.165) is 31.9 Å². The van der Waals surface area contributed by atoms with Gasteiger partial charge in [0.05, 0.1) is 11.4 Å². The number of guanidine groups is 1. The molecule has 8 heteroatoms. The first-order valence-electron chi connectivity index (χ1n) is 8.41. The van der Waals surface area contributed by atoms with Crippen molar-refractivity contribution >= 4 is 39.8 Å². The third kappa shape index (κ3) is 9.42. The van der Waals surface area contributed by atoms with Crippen molar-refractivity contribution in [3.63, 3.8) is 0 Å². The first-order chi connectivity index (χ1) is 11.9. The molecule has 1 rings (SSSR count). The molecule has 1 aromatic rings. The second-order valence-electron chi connectivity index (χ2n) is 5.68. The molecule has 1 aromatic carbocycles. The lowest BCUT2D eigenvalue weighted by atomic mass is 10.3. The average Bonchev–Trinajstić information content (AvgIpc) is 2.57. The Morgan fingerprint density at radius 3 is 2.54 bits per heavy atom. The lowest BCUT2D eigenvalue weighted by Crippen LogP contribution is -2.39. The van der Waals surface area contributed by atoms with Gasteiger partial charge in [0.25, 0.3) is 0 Å². The minimum absolute atomic E-state index is 0. The molecule has 26 heavy (non-hydrogen) atoms. The molecule has 6 nitrogen and oxygen atoms in total. The lowest BCUT2D eigenvalue weighted by Gasteiger charge is -2.21. The van der Waals surface area contributed by atoms with E-state index in [4.69, 9.17) is 4.74 Å². The molecule has 0 spiro atoms. The van der Waals surface area contributed by atoms with Gasteiger partial charge in [0.15, 0.2) is 15.8 Å². The highest BCUT2D eigenvalue weighted by Crippen LogP contribution is 2.15. The van der Waals surface area contributed by atoms with E-state index in [1.165, 1.54) is 6.26 Å². The van der Waals surface area contributed by atoms with Crippen molar-refractivity contribution in [2.75, 3.05) is 39.5 Å². The molecule has 0 atom stereocenters. The summed E-state index contributed by atoms with van der Waals surface area (Å²) in [7, 11) is -1.17. The number of aliphatic imine (C=N–C) groups is 1. The van der Waals surface area contributed by atoms with Gasteiger partial charge in [0, 0.05) is 26.4 Å². The minimum Gasteiger partial charge on any atom is -0.492 e. The van der Waals surface area contributed by atoms with Crippen LogP contribution in [0, 0.1) is 0 Å². The summed E-state index contributed by atoms with van der Waals surface area (Å²) in [6.45, 7) is 8.42. The zero-order chi connectivity index (χ0) is 18.7. The molecule has 0 heterocycles. The van der Waals surface area contributed by atoms with Gasteiger partial charge in [0.2, 0.25) is 0 Å². The van der Waals surface area contributed by atoms with Gasteiger partial charge < -0.3 is 15.0 Å². The summed E-state index contributed by atoms with van der Waals surface area (Å²) in [6, 6.07) is 6.41. The van der Waals surface area contributed by atoms with Crippen molar-refractivity contribution in [3.05, 3.63) is 36.9 Å². The van der Waals surface area contributed by atoms with Crippen LogP contribution in [-0.2, 0) is 9.84 Å². The number of sulfone groups is 1. The molecule has 148 valence electrons. The van der Waals surface area contributed by atoms with Crippen molar-refractivity contribution < 1.29 is 13.2 Å². The monoisotopic (exact) mass is 495 g/mol. The van der Waals surface area contributed by atoms with Crippen molar-refractivity contribution in [3.8, 4) is 5.75 Å². The molecule has 0 aliphatic heterocycles. The van der Waals surface area contributed by atoms with Crippen molar-refractivity contribution in [1.29, 1.82) is 0 Å². The number of nitrogens with zero attached hydrogens (tertiary/aromatic N) is 2. The largest absolute Gasteiger partial charge is 0.492 e. The number of hydrogen-bond acceptors (Lipinski definition) is 4. The molecule has 0 amide bonds. The van der Waals surface area contributed by atoms with E-state index in [9.17, 15) is 8.42 Å². The van der Waals surface area contributed by atoms with E-state index in [-0.39, 0.29) is 28.9 Å². The number of benzene rings is 1. The Labute approximate surface area is 174 Å². The van der Waals surface area contributed by atoms with Gasteiger partial charge in [-0.1, -0.05) is 6.08 Å². The van der Waals surface area contributed by atoms with Crippen LogP contribution < -0.4 is 10.1 Å². The standard InChI is InChI=1S/C18H29N3O3S.HI/c1-5-7-8-14-21(3)18(19-6-2)20-13-15-24-16-9-11-17(12-10-16)25(4,22)23;/h5,9-12H,1,6-8,13-15H2,2-4H3,(H,19,20);1H. The van der Waals surface area contributed by atoms with Gasteiger partial charge in [0.1, 0.15) is 12.4 Å². The van der Waals surface area contributed by atoms with E-state index in [2.05, 4.69) is 21.8 Å². The average molecular weight is 495 g/mol. The Morgan fingerprint density at radius 1 is 1.35 bits per heavy atom. The SMILES string of the molecule is C=CCCCN(C)C(=NCCOc1ccc(S(C)(=O)=O)cc1)NCC.I. The number of rotatable bonds is 10. The number of allylic oxidation sites excluding steroid dienone is 1. The zero-order valence-electron chi connectivity index (χ0n) is 15.8. The van der Waals surface area contributed by atoms with Crippen LogP contribution >= 0.6 is 24.0 Å². The van der Waals surface area contributed by atoms with E-state index < -0.39 is 9.84 Å².